The van der Waals surface area contributed by atoms with E-state index in [4.69, 9.17) is 4.74 Å². The molecule has 7 nitrogen and oxygen atoms in total. The maximum atomic E-state index is 13.8. The molecule has 0 aliphatic rings. The summed E-state index contributed by atoms with van der Waals surface area (Å²) in [4.78, 5) is 41.2. The number of likely N-dealkylation sites (N-methyl/N-ethyl adjacent to an activating group) is 1. The van der Waals surface area contributed by atoms with Crippen molar-refractivity contribution in [1.82, 2.24) is 15.5 Å². The topological polar surface area (TPSA) is 87.7 Å². The Morgan fingerprint density at radius 2 is 1.69 bits per heavy atom. The van der Waals surface area contributed by atoms with Gasteiger partial charge in [0, 0.05) is 20.0 Å². The lowest BCUT2D eigenvalue weighted by molar-refractivity contribution is -0.140. The van der Waals surface area contributed by atoms with E-state index in [1.807, 2.05) is 61.5 Å². The zero-order valence-corrected chi connectivity index (χ0v) is 22.5. The predicted molar refractivity (Wildman–Crippen MR) is 143 cm³/mol. The molecule has 0 aromatic heterocycles. The van der Waals surface area contributed by atoms with Gasteiger partial charge in [0.2, 0.25) is 11.8 Å². The standard InChI is InChI=1S/C29H41N3O4/c1-7-8-12-18-30-26(33)25(23-17-13-14-21(2)19-23)32(6)27(34)24(20-22-15-10-9-11-16-22)31-28(35)36-29(3,4)5/h9-11,13-17,19,24-25H,7-8,12,18,20H2,1-6H3,(H,30,33)(H,31,35). The molecule has 0 spiro atoms. The van der Waals surface area contributed by atoms with Crippen LogP contribution in [0.5, 0.6) is 0 Å². The van der Waals surface area contributed by atoms with Gasteiger partial charge >= 0.3 is 6.09 Å². The molecule has 2 N–H and O–H groups in total. The van der Waals surface area contributed by atoms with Crippen molar-refractivity contribution in [2.45, 2.75) is 78.0 Å². The molecule has 2 atom stereocenters. The monoisotopic (exact) mass is 495 g/mol. The van der Waals surface area contributed by atoms with Crippen molar-refractivity contribution in [2.24, 2.45) is 0 Å². The molecule has 0 radical (unpaired) electrons. The van der Waals surface area contributed by atoms with Crippen molar-refractivity contribution in [3.05, 3.63) is 71.3 Å². The molecule has 0 saturated carbocycles. The van der Waals surface area contributed by atoms with Gasteiger partial charge < -0.3 is 20.3 Å². The van der Waals surface area contributed by atoms with E-state index in [0.29, 0.717) is 6.54 Å². The molecule has 7 heteroatoms. The second-order valence-electron chi connectivity index (χ2n) is 10.2. The number of aryl methyl sites for hydroxylation is 1. The highest BCUT2D eigenvalue weighted by atomic mass is 16.6. The van der Waals surface area contributed by atoms with E-state index in [0.717, 1.165) is 36.0 Å². The highest BCUT2D eigenvalue weighted by Crippen LogP contribution is 2.23. The van der Waals surface area contributed by atoms with E-state index in [-0.39, 0.29) is 18.2 Å². The number of carbonyl (C=O) groups is 3. The summed E-state index contributed by atoms with van der Waals surface area (Å²) in [6.07, 6.45) is 2.52. The van der Waals surface area contributed by atoms with Crippen molar-refractivity contribution in [3.8, 4) is 0 Å². The molecule has 0 heterocycles. The number of ether oxygens (including phenoxy) is 1. The first-order valence-electron chi connectivity index (χ1n) is 12.7. The van der Waals surface area contributed by atoms with Crippen LogP contribution in [-0.2, 0) is 20.7 Å². The third-order valence-corrected chi connectivity index (χ3v) is 5.69. The Balaban J connectivity index is 2.34. The molecule has 2 unspecified atom stereocenters. The number of benzene rings is 2. The molecule has 196 valence electrons. The molecule has 2 aromatic rings. The van der Waals surface area contributed by atoms with E-state index >= 15 is 0 Å². The quantitative estimate of drug-likeness (QED) is 0.433. The molecule has 36 heavy (non-hydrogen) atoms. The van der Waals surface area contributed by atoms with Gasteiger partial charge in [-0.25, -0.2) is 4.79 Å². The largest absolute Gasteiger partial charge is 0.444 e. The van der Waals surface area contributed by atoms with Gasteiger partial charge in [0.25, 0.3) is 0 Å². The first-order valence-corrected chi connectivity index (χ1v) is 12.7. The van der Waals surface area contributed by atoms with Crippen molar-refractivity contribution in [1.29, 1.82) is 0 Å². The fraction of sp³-hybridized carbons (Fsp3) is 0.483. The summed E-state index contributed by atoms with van der Waals surface area (Å²) < 4.78 is 5.42. The number of alkyl carbamates (subject to hydrolysis) is 1. The number of unbranched alkanes of at least 4 members (excludes halogenated alkanes) is 2. The zero-order chi connectivity index (χ0) is 26.7. The Labute approximate surface area is 215 Å². The van der Waals surface area contributed by atoms with Crippen LogP contribution in [0.3, 0.4) is 0 Å². The van der Waals surface area contributed by atoms with Crippen LogP contribution < -0.4 is 10.6 Å². The summed E-state index contributed by atoms with van der Waals surface area (Å²) in [6, 6.07) is 15.3. The summed E-state index contributed by atoms with van der Waals surface area (Å²) >= 11 is 0. The third kappa shape index (κ3) is 9.36. The fourth-order valence-electron chi connectivity index (χ4n) is 3.95. The van der Waals surface area contributed by atoms with Gasteiger partial charge in [-0.2, -0.15) is 0 Å². The Hall–Kier alpha value is -3.35. The van der Waals surface area contributed by atoms with E-state index in [1.165, 1.54) is 4.90 Å². The number of hydrogen-bond acceptors (Lipinski definition) is 4. The number of rotatable bonds is 11. The third-order valence-electron chi connectivity index (χ3n) is 5.69. The lowest BCUT2D eigenvalue weighted by Crippen LogP contribution is -2.52. The van der Waals surface area contributed by atoms with Gasteiger partial charge in [-0.05, 0) is 45.2 Å². The number of nitrogens with zero attached hydrogens (tertiary/aromatic N) is 1. The van der Waals surface area contributed by atoms with Crippen LogP contribution in [0.2, 0.25) is 0 Å². The normalized spacial score (nSPS) is 12.8. The van der Waals surface area contributed by atoms with Gasteiger partial charge in [0.15, 0.2) is 0 Å². The molecule has 3 amide bonds. The number of carbonyl (C=O) groups excluding carboxylic acids is 3. The van der Waals surface area contributed by atoms with E-state index < -0.39 is 23.8 Å². The van der Waals surface area contributed by atoms with Crippen molar-refractivity contribution < 1.29 is 19.1 Å². The SMILES string of the molecule is CCCCCNC(=O)C(c1cccc(C)c1)N(C)C(=O)C(Cc1ccccc1)NC(=O)OC(C)(C)C. The molecule has 0 fully saturated rings. The molecule has 0 aliphatic carbocycles. The summed E-state index contributed by atoms with van der Waals surface area (Å²) in [5.41, 5.74) is 1.88. The van der Waals surface area contributed by atoms with Crippen molar-refractivity contribution in [2.75, 3.05) is 13.6 Å². The molecular weight excluding hydrogens is 454 g/mol. The van der Waals surface area contributed by atoms with Crippen molar-refractivity contribution in [3.63, 3.8) is 0 Å². The van der Waals surface area contributed by atoms with Crippen LogP contribution in [0.25, 0.3) is 0 Å². The Morgan fingerprint density at radius 3 is 2.31 bits per heavy atom. The summed E-state index contributed by atoms with van der Waals surface area (Å²) in [5, 5.41) is 5.72. The summed E-state index contributed by atoms with van der Waals surface area (Å²) in [6.45, 7) is 9.90. The average Bonchev–Trinajstić information content (AvgIpc) is 2.80. The average molecular weight is 496 g/mol. The van der Waals surface area contributed by atoms with Crippen LogP contribution >= 0.6 is 0 Å². The van der Waals surface area contributed by atoms with E-state index in [2.05, 4.69) is 17.6 Å². The van der Waals surface area contributed by atoms with Gasteiger partial charge in [-0.3, -0.25) is 9.59 Å². The summed E-state index contributed by atoms with van der Waals surface area (Å²) in [5.74, 6) is -0.622. The smallest absolute Gasteiger partial charge is 0.408 e. The summed E-state index contributed by atoms with van der Waals surface area (Å²) in [7, 11) is 1.61. The maximum Gasteiger partial charge on any atom is 0.408 e. The van der Waals surface area contributed by atoms with Crippen LogP contribution in [0.4, 0.5) is 4.79 Å². The second-order valence-corrected chi connectivity index (χ2v) is 10.2. The molecule has 0 bridgehead atoms. The van der Waals surface area contributed by atoms with Crippen LogP contribution in [0.15, 0.2) is 54.6 Å². The van der Waals surface area contributed by atoms with Gasteiger partial charge in [-0.15, -0.1) is 0 Å². The van der Waals surface area contributed by atoms with Crippen LogP contribution in [0, 0.1) is 6.92 Å². The maximum absolute atomic E-state index is 13.8. The first kappa shape index (κ1) is 28.9. The van der Waals surface area contributed by atoms with Gasteiger partial charge in [-0.1, -0.05) is 79.9 Å². The fourth-order valence-corrected chi connectivity index (χ4v) is 3.95. The Morgan fingerprint density at radius 1 is 1.00 bits per heavy atom. The van der Waals surface area contributed by atoms with E-state index in [9.17, 15) is 14.4 Å². The Bertz CT molecular complexity index is 1000. The predicted octanol–water partition coefficient (Wildman–Crippen LogP) is 4.94. The first-order chi connectivity index (χ1) is 17.0. The van der Waals surface area contributed by atoms with Gasteiger partial charge in [0.1, 0.15) is 17.7 Å². The number of nitrogens with one attached hydrogen (secondary N) is 2. The lowest BCUT2D eigenvalue weighted by Gasteiger charge is -2.32. The highest BCUT2D eigenvalue weighted by Gasteiger charge is 2.34. The van der Waals surface area contributed by atoms with Crippen LogP contribution in [-0.4, -0.2) is 48.0 Å². The minimum absolute atomic E-state index is 0.247. The number of amides is 3. The molecule has 0 aliphatic heterocycles. The molecular formula is C29H41N3O4. The minimum atomic E-state index is -0.910. The minimum Gasteiger partial charge on any atom is -0.444 e. The van der Waals surface area contributed by atoms with Gasteiger partial charge in [0.05, 0.1) is 0 Å². The molecule has 2 rings (SSSR count). The Kier molecular flexibility index (Phi) is 11.0. The second kappa shape index (κ2) is 13.7. The highest BCUT2D eigenvalue weighted by molar-refractivity contribution is 5.92. The zero-order valence-electron chi connectivity index (χ0n) is 22.5. The van der Waals surface area contributed by atoms with Crippen molar-refractivity contribution >= 4 is 17.9 Å². The number of hydrogen-bond donors (Lipinski definition) is 2. The lowest BCUT2D eigenvalue weighted by atomic mass is 10.00. The molecule has 2 aromatic carbocycles. The molecule has 0 saturated heterocycles. The van der Waals surface area contributed by atoms with E-state index in [1.54, 1.807) is 27.8 Å². The van der Waals surface area contributed by atoms with Crippen LogP contribution in [0.1, 0.15) is 69.7 Å².